The molecule has 0 saturated carbocycles. The number of thiophene rings is 1. The largest absolute Gasteiger partial charge is 0.340 e. The predicted molar refractivity (Wildman–Crippen MR) is 144 cm³/mol. The number of hydrogen-bond acceptors (Lipinski definition) is 4. The summed E-state index contributed by atoms with van der Waals surface area (Å²) < 4.78 is 14.4. The Labute approximate surface area is 223 Å². The zero-order chi connectivity index (χ0) is 26.4. The van der Waals surface area contributed by atoms with Gasteiger partial charge in [0.25, 0.3) is 5.91 Å². The van der Waals surface area contributed by atoms with Gasteiger partial charge in [-0.25, -0.2) is 4.39 Å². The lowest BCUT2D eigenvalue weighted by atomic mass is 10.0. The van der Waals surface area contributed by atoms with Crippen molar-refractivity contribution in [2.75, 3.05) is 0 Å². The average molecular weight is 532 g/mol. The molecule has 1 aromatic heterocycles. The molecule has 0 fully saturated rings. The van der Waals surface area contributed by atoms with Gasteiger partial charge in [-0.3, -0.25) is 9.59 Å². The van der Waals surface area contributed by atoms with E-state index in [0.29, 0.717) is 15.5 Å². The molecule has 2 amide bonds. The van der Waals surface area contributed by atoms with Crippen LogP contribution in [0.1, 0.15) is 32.4 Å². The molecule has 4 aromatic rings. The lowest BCUT2D eigenvalue weighted by Gasteiger charge is -2.21. The Morgan fingerprint density at radius 1 is 1.00 bits per heavy atom. The summed E-state index contributed by atoms with van der Waals surface area (Å²) in [6.07, 6.45) is -0.0798. The molecule has 0 radical (unpaired) electrons. The fraction of sp³-hybridized carbons (Fsp3) is 0.138. The number of rotatable bonds is 8. The Bertz CT molecular complexity index is 1460. The van der Waals surface area contributed by atoms with E-state index in [1.54, 1.807) is 48.5 Å². The Kier molecular flexibility index (Phi) is 8.34. The third kappa shape index (κ3) is 6.23. The molecule has 3 aromatic carbocycles. The number of benzene rings is 3. The number of nitrogens with zero attached hydrogens (tertiary/aromatic N) is 1. The van der Waals surface area contributed by atoms with Gasteiger partial charge in [0.1, 0.15) is 11.9 Å². The van der Waals surface area contributed by atoms with Gasteiger partial charge in [-0.05, 0) is 59.3 Å². The third-order valence-electron chi connectivity index (χ3n) is 5.92. The first-order valence-electron chi connectivity index (χ1n) is 11.5. The van der Waals surface area contributed by atoms with Crippen LogP contribution in [0.4, 0.5) is 4.39 Å². The first-order valence-corrected chi connectivity index (χ1v) is 12.8. The van der Waals surface area contributed by atoms with Gasteiger partial charge >= 0.3 is 0 Å². The van der Waals surface area contributed by atoms with Crippen LogP contribution < -0.4 is 10.6 Å². The summed E-state index contributed by atoms with van der Waals surface area (Å²) in [5, 5.41) is 17.5. The maximum atomic E-state index is 14.4. The van der Waals surface area contributed by atoms with Gasteiger partial charge in [-0.15, -0.1) is 11.3 Å². The number of aryl methyl sites for hydroxylation is 1. The van der Waals surface area contributed by atoms with E-state index in [-0.39, 0.29) is 12.0 Å². The van der Waals surface area contributed by atoms with Crippen molar-refractivity contribution in [2.24, 2.45) is 0 Å². The molecule has 0 saturated heterocycles. The van der Waals surface area contributed by atoms with E-state index < -0.39 is 29.7 Å². The molecule has 2 N–H and O–H groups in total. The summed E-state index contributed by atoms with van der Waals surface area (Å²) in [4.78, 5) is 27.1. The van der Waals surface area contributed by atoms with E-state index in [1.807, 2.05) is 36.6 Å². The maximum absolute atomic E-state index is 14.4. The molecule has 4 rings (SSSR count). The van der Waals surface area contributed by atoms with Crippen molar-refractivity contribution in [3.8, 4) is 17.2 Å². The number of carbonyl (C=O) groups excluding carboxylic acids is 2. The second kappa shape index (κ2) is 11.8. The van der Waals surface area contributed by atoms with Crippen molar-refractivity contribution in [1.29, 1.82) is 5.26 Å². The molecular formula is C29H23ClFN3O2S. The highest BCUT2D eigenvalue weighted by molar-refractivity contribution is 7.10. The molecule has 0 spiro atoms. The molecule has 5 nitrogen and oxygen atoms in total. The summed E-state index contributed by atoms with van der Waals surface area (Å²) in [6, 6.07) is 22.2. The van der Waals surface area contributed by atoms with E-state index in [4.69, 9.17) is 11.6 Å². The van der Waals surface area contributed by atoms with Crippen LogP contribution in [0.15, 0.2) is 84.2 Å². The first-order chi connectivity index (χ1) is 17.9. The molecule has 0 bridgehead atoms. The number of amides is 2. The molecule has 0 aliphatic carbocycles. The van der Waals surface area contributed by atoms with Crippen LogP contribution in [-0.2, 0) is 11.2 Å². The number of nitriles is 1. The quantitative estimate of drug-likeness (QED) is 0.282. The minimum absolute atomic E-state index is 0.0798. The zero-order valence-electron chi connectivity index (χ0n) is 19.9. The van der Waals surface area contributed by atoms with Crippen LogP contribution in [-0.4, -0.2) is 17.9 Å². The van der Waals surface area contributed by atoms with Crippen molar-refractivity contribution in [3.63, 3.8) is 0 Å². The van der Waals surface area contributed by atoms with Gasteiger partial charge in [0, 0.05) is 27.4 Å². The molecular weight excluding hydrogens is 509 g/mol. The molecule has 1 heterocycles. The van der Waals surface area contributed by atoms with Gasteiger partial charge in [0.2, 0.25) is 5.91 Å². The fourth-order valence-corrected chi connectivity index (χ4v) is 5.08. The monoisotopic (exact) mass is 531 g/mol. The minimum Gasteiger partial charge on any atom is -0.340 e. The van der Waals surface area contributed by atoms with Gasteiger partial charge in [-0.1, -0.05) is 60.1 Å². The molecule has 1 unspecified atom stereocenters. The van der Waals surface area contributed by atoms with Crippen LogP contribution in [0.5, 0.6) is 0 Å². The van der Waals surface area contributed by atoms with Crippen LogP contribution in [0.25, 0.3) is 11.1 Å². The summed E-state index contributed by atoms with van der Waals surface area (Å²) in [5.41, 5.74) is 3.15. The SMILES string of the molecule is Cc1ccsc1C(C#N)NC(=O)[C@H](Cc1ccccc1F)NC(=O)c1ccc(-c2ccccc2Cl)cc1. The maximum Gasteiger partial charge on any atom is 0.251 e. The lowest BCUT2D eigenvalue weighted by molar-refractivity contribution is -0.123. The normalized spacial score (nSPS) is 12.3. The minimum atomic E-state index is -1.11. The average Bonchev–Trinajstić information content (AvgIpc) is 3.33. The highest BCUT2D eigenvalue weighted by Crippen LogP contribution is 2.28. The highest BCUT2D eigenvalue weighted by Gasteiger charge is 2.27. The zero-order valence-corrected chi connectivity index (χ0v) is 21.4. The second-order valence-corrected chi connectivity index (χ2v) is 9.77. The van der Waals surface area contributed by atoms with E-state index in [9.17, 15) is 19.2 Å². The van der Waals surface area contributed by atoms with Crippen molar-refractivity contribution in [1.82, 2.24) is 10.6 Å². The van der Waals surface area contributed by atoms with Crippen LogP contribution in [0, 0.1) is 24.1 Å². The van der Waals surface area contributed by atoms with Gasteiger partial charge < -0.3 is 10.6 Å². The molecule has 8 heteroatoms. The molecule has 186 valence electrons. The van der Waals surface area contributed by atoms with Gasteiger partial charge in [-0.2, -0.15) is 5.26 Å². The predicted octanol–water partition coefficient (Wildman–Crippen LogP) is 6.24. The Morgan fingerprint density at radius 2 is 1.70 bits per heavy atom. The van der Waals surface area contributed by atoms with E-state index in [1.165, 1.54) is 17.4 Å². The molecule has 0 aliphatic rings. The number of halogens is 2. The van der Waals surface area contributed by atoms with Crippen molar-refractivity contribution in [2.45, 2.75) is 25.4 Å². The van der Waals surface area contributed by atoms with E-state index in [0.717, 1.165) is 16.7 Å². The number of carbonyl (C=O) groups is 2. The Balaban J connectivity index is 1.55. The highest BCUT2D eigenvalue weighted by atomic mass is 35.5. The Hall–Kier alpha value is -3.99. The number of hydrogen-bond donors (Lipinski definition) is 2. The van der Waals surface area contributed by atoms with Crippen molar-refractivity contribution in [3.05, 3.63) is 117 Å². The fourth-order valence-electron chi connectivity index (χ4n) is 3.91. The van der Waals surface area contributed by atoms with Gasteiger partial charge in [0.05, 0.1) is 6.07 Å². The smallest absolute Gasteiger partial charge is 0.251 e. The van der Waals surface area contributed by atoms with Crippen molar-refractivity contribution < 1.29 is 14.0 Å². The van der Waals surface area contributed by atoms with Gasteiger partial charge in [0.15, 0.2) is 6.04 Å². The van der Waals surface area contributed by atoms with E-state index in [2.05, 4.69) is 16.7 Å². The Morgan fingerprint density at radius 3 is 2.35 bits per heavy atom. The van der Waals surface area contributed by atoms with E-state index >= 15 is 0 Å². The topological polar surface area (TPSA) is 82.0 Å². The standard InChI is InChI=1S/C29H23ClFN3O2S/c1-18-14-15-37-27(18)26(17-32)34-29(36)25(16-21-6-2-5-9-24(21)31)33-28(35)20-12-10-19(11-13-20)22-7-3-4-8-23(22)30/h2-15,25-26H,16H2,1H3,(H,33,35)(H,34,36)/t25-,26?/m0/s1. The summed E-state index contributed by atoms with van der Waals surface area (Å²) in [7, 11) is 0. The lowest BCUT2D eigenvalue weighted by Crippen LogP contribution is -2.48. The van der Waals surface area contributed by atoms with Crippen LogP contribution in [0.2, 0.25) is 5.02 Å². The third-order valence-corrected chi connectivity index (χ3v) is 7.33. The summed E-state index contributed by atoms with van der Waals surface area (Å²) >= 11 is 7.64. The summed E-state index contributed by atoms with van der Waals surface area (Å²) in [5.74, 6) is -1.56. The summed E-state index contributed by atoms with van der Waals surface area (Å²) in [6.45, 7) is 1.85. The first kappa shape index (κ1) is 26.1. The van der Waals surface area contributed by atoms with Crippen LogP contribution in [0.3, 0.4) is 0 Å². The molecule has 0 aliphatic heterocycles. The van der Waals surface area contributed by atoms with Crippen molar-refractivity contribution >= 4 is 34.8 Å². The molecule has 2 atom stereocenters. The van der Waals surface area contributed by atoms with Crippen LogP contribution >= 0.6 is 22.9 Å². The molecule has 37 heavy (non-hydrogen) atoms. The second-order valence-electron chi connectivity index (χ2n) is 8.42. The number of nitrogens with one attached hydrogen (secondary N) is 2.